The molecule has 9 nitrogen and oxygen atoms in total. The van der Waals surface area contributed by atoms with Crippen LogP contribution in [-0.2, 0) is 16.4 Å². The number of anilines is 1. The highest BCUT2D eigenvalue weighted by molar-refractivity contribution is 7.93. The van der Waals surface area contributed by atoms with Gasteiger partial charge in [-0.25, -0.2) is 13.2 Å². The van der Waals surface area contributed by atoms with Crippen molar-refractivity contribution in [3.05, 3.63) is 112 Å². The van der Waals surface area contributed by atoms with Crippen LogP contribution in [0.3, 0.4) is 0 Å². The van der Waals surface area contributed by atoms with Gasteiger partial charge in [0.2, 0.25) is 0 Å². The van der Waals surface area contributed by atoms with E-state index in [0.29, 0.717) is 23.4 Å². The number of rotatable bonds is 10. The minimum Gasteiger partial charge on any atom is -0.507 e. The molecule has 2 atom stereocenters. The molecule has 210 valence electrons. The Labute approximate surface area is 236 Å². The maximum absolute atomic E-state index is 13.4. The molecule has 5 aromatic rings. The molecule has 0 radical (unpaired) electrons. The van der Waals surface area contributed by atoms with Gasteiger partial charge in [-0.15, -0.1) is 5.10 Å². The number of aromatic nitrogens is 2. The second kappa shape index (κ2) is 10.9. The van der Waals surface area contributed by atoms with Gasteiger partial charge in [0.1, 0.15) is 16.4 Å². The summed E-state index contributed by atoms with van der Waals surface area (Å²) in [5.41, 5.74) is 2.17. The van der Waals surface area contributed by atoms with Crippen LogP contribution >= 0.6 is 0 Å². The predicted molar refractivity (Wildman–Crippen MR) is 153 cm³/mol. The highest BCUT2D eigenvalue weighted by Gasteiger charge is 2.38. The molecule has 0 spiro atoms. The van der Waals surface area contributed by atoms with Crippen molar-refractivity contribution in [1.82, 2.24) is 10.4 Å². The van der Waals surface area contributed by atoms with Crippen molar-refractivity contribution < 1.29 is 22.5 Å². The number of fused-ring (bicyclic) bond motifs is 1. The third kappa shape index (κ3) is 5.47. The van der Waals surface area contributed by atoms with E-state index in [4.69, 9.17) is 8.94 Å². The summed E-state index contributed by atoms with van der Waals surface area (Å²) < 4.78 is 40.0. The van der Waals surface area contributed by atoms with Crippen molar-refractivity contribution in [3.63, 3.8) is 0 Å². The van der Waals surface area contributed by atoms with Crippen molar-refractivity contribution in [2.75, 3.05) is 4.72 Å². The van der Waals surface area contributed by atoms with Crippen LogP contribution in [0.15, 0.2) is 97.5 Å². The van der Waals surface area contributed by atoms with E-state index < -0.39 is 21.6 Å². The molecule has 2 heterocycles. The average Bonchev–Trinajstić information content (AvgIpc) is 3.68. The van der Waals surface area contributed by atoms with Gasteiger partial charge in [-0.1, -0.05) is 55.5 Å². The minimum absolute atomic E-state index is 0.0599. The first-order valence-electron chi connectivity index (χ1n) is 13.6. The van der Waals surface area contributed by atoms with Crippen LogP contribution in [-0.4, -0.2) is 23.9 Å². The van der Waals surface area contributed by atoms with Crippen LogP contribution in [0.1, 0.15) is 60.5 Å². The van der Waals surface area contributed by atoms with Crippen molar-refractivity contribution >= 4 is 26.8 Å². The van der Waals surface area contributed by atoms with E-state index in [0.717, 1.165) is 24.8 Å². The summed E-state index contributed by atoms with van der Waals surface area (Å²) in [6.07, 6.45) is 3.19. The van der Waals surface area contributed by atoms with Gasteiger partial charge in [0.05, 0.1) is 5.56 Å². The lowest BCUT2D eigenvalue weighted by molar-refractivity contribution is 0.379. The Morgan fingerprint density at radius 3 is 2.54 bits per heavy atom. The Morgan fingerprint density at radius 2 is 1.80 bits per heavy atom. The average molecular weight is 572 g/mol. The van der Waals surface area contributed by atoms with Gasteiger partial charge in [-0.3, -0.25) is 4.72 Å². The molecule has 0 bridgehead atoms. The monoisotopic (exact) mass is 571 g/mol. The van der Waals surface area contributed by atoms with Gasteiger partial charge < -0.3 is 14.0 Å². The summed E-state index contributed by atoms with van der Waals surface area (Å²) in [4.78, 5) is 13.4. The first-order valence-corrected chi connectivity index (χ1v) is 15.1. The maximum Gasteiger partial charge on any atom is 0.343 e. The molecule has 1 aliphatic carbocycles. The normalized spacial score (nSPS) is 15.0. The summed E-state index contributed by atoms with van der Waals surface area (Å²) in [6.45, 7) is 2.03. The number of hydrogen-bond acceptors (Lipinski definition) is 8. The van der Waals surface area contributed by atoms with E-state index in [1.165, 1.54) is 6.07 Å². The smallest absolute Gasteiger partial charge is 0.343 e. The Kier molecular flexibility index (Phi) is 7.08. The highest BCUT2D eigenvalue weighted by atomic mass is 32.2. The van der Waals surface area contributed by atoms with Gasteiger partial charge in [0, 0.05) is 28.9 Å². The van der Waals surface area contributed by atoms with Gasteiger partial charge in [-0.05, 0) is 67.0 Å². The van der Waals surface area contributed by atoms with E-state index in [-0.39, 0.29) is 39.1 Å². The van der Waals surface area contributed by atoms with Crippen molar-refractivity contribution in [2.45, 2.75) is 49.3 Å². The third-order valence-electron chi connectivity index (χ3n) is 7.64. The largest absolute Gasteiger partial charge is 0.507 e. The summed E-state index contributed by atoms with van der Waals surface area (Å²) in [7, 11) is -4.02. The van der Waals surface area contributed by atoms with Crippen molar-refractivity contribution in [3.8, 4) is 5.75 Å². The van der Waals surface area contributed by atoms with E-state index >= 15 is 0 Å². The molecule has 1 saturated carbocycles. The molecule has 41 heavy (non-hydrogen) atoms. The first-order chi connectivity index (χ1) is 19.8. The molecule has 1 fully saturated rings. The maximum atomic E-state index is 13.4. The van der Waals surface area contributed by atoms with Crippen molar-refractivity contribution in [1.29, 1.82) is 0 Å². The van der Waals surface area contributed by atoms with Crippen LogP contribution in [0.4, 0.5) is 5.69 Å². The number of benzene rings is 3. The van der Waals surface area contributed by atoms with Gasteiger partial charge in [-0.2, -0.15) is 0 Å². The minimum atomic E-state index is -4.02. The fourth-order valence-corrected chi connectivity index (χ4v) is 6.65. The topological polar surface area (TPSA) is 136 Å². The molecular formula is C31H29N3O6S. The van der Waals surface area contributed by atoms with Crippen LogP contribution in [0, 0.1) is 5.92 Å². The Balaban J connectivity index is 1.32. The Bertz CT molecular complexity index is 1860. The van der Waals surface area contributed by atoms with E-state index in [1.807, 2.05) is 43.3 Å². The molecule has 2 aromatic heterocycles. The summed E-state index contributed by atoms with van der Waals surface area (Å²) in [6, 6.07) is 23.0. The summed E-state index contributed by atoms with van der Waals surface area (Å²) >= 11 is 0. The molecule has 2 unspecified atom stereocenters. The number of aromatic hydroxyl groups is 1. The van der Waals surface area contributed by atoms with E-state index in [9.17, 15) is 18.3 Å². The molecule has 3 aromatic carbocycles. The number of nitrogens with one attached hydrogen (secondary N) is 1. The molecule has 0 amide bonds. The molecule has 0 aliphatic heterocycles. The van der Waals surface area contributed by atoms with Crippen LogP contribution in [0.25, 0.3) is 11.1 Å². The lowest BCUT2D eigenvalue weighted by atomic mass is 9.86. The molecule has 10 heteroatoms. The quantitative estimate of drug-likeness (QED) is 0.210. The second-order valence-corrected chi connectivity index (χ2v) is 12.1. The molecule has 2 N–H and O–H groups in total. The van der Waals surface area contributed by atoms with Crippen LogP contribution < -0.4 is 10.3 Å². The number of hydrogen-bond donors (Lipinski definition) is 2. The van der Waals surface area contributed by atoms with Crippen LogP contribution in [0.5, 0.6) is 5.75 Å². The lowest BCUT2D eigenvalue weighted by Crippen LogP contribution is -2.18. The summed E-state index contributed by atoms with van der Waals surface area (Å²) in [5.74, 6) is -0.0255. The van der Waals surface area contributed by atoms with Gasteiger partial charge in [0.25, 0.3) is 10.0 Å². The molecule has 1 aliphatic rings. The standard InChI is InChI=1S/C31H29N3O6S/c1-2-20(16-19-8-4-3-5-9-19)26-18-24(35)29(31(36)39-26)28(21-14-15-21)22-10-6-11-23(17-22)33-41(37,38)27-13-7-12-25-30(27)32-34-40-25/h3-13,17-18,20-21,28,33,35H,2,14-16H2,1H3. The van der Waals surface area contributed by atoms with E-state index in [1.54, 1.807) is 36.4 Å². The number of sulfonamides is 1. The van der Waals surface area contributed by atoms with E-state index in [2.05, 4.69) is 15.1 Å². The fourth-order valence-electron chi connectivity index (χ4n) is 5.45. The Morgan fingerprint density at radius 1 is 1.02 bits per heavy atom. The van der Waals surface area contributed by atoms with Crippen LogP contribution in [0.2, 0.25) is 0 Å². The Hall–Kier alpha value is -4.44. The zero-order chi connectivity index (χ0) is 28.6. The van der Waals surface area contributed by atoms with Crippen molar-refractivity contribution in [2.24, 2.45) is 5.92 Å². The SMILES string of the molecule is CCC(Cc1ccccc1)c1cc(O)c(C(c2cccc(NS(=O)(=O)c3cccc4onnc34)c2)C2CC2)c(=O)o1. The summed E-state index contributed by atoms with van der Waals surface area (Å²) in [5, 5.41) is 18.4. The highest BCUT2D eigenvalue weighted by Crippen LogP contribution is 2.48. The third-order valence-corrected chi connectivity index (χ3v) is 9.05. The zero-order valence-electron chi connectivity index (χ0n) is 22.4. The lowest BCUT2D eigenvalue weighted by Gasteiger charge is -2.20. The molecular weight excluding hydrogens is 542 g/mol. The second-order valence-electron chi connectivity index (χ2n) is 10.5. The van der Waals surface area contributed by atoms with Gasteiger partial charge in [0.15, 0.2) is 11.1 Å². The molecule has 0 saturated heterocycles. The first kappa shape index (κ1) is 26.8. The molecule has 6 rings (SSSR count). The van der Waals surface area contributed by atoms with Gasteiger partial charge >= 0.3 is 5.63 Å². The number of nitrogens with zero attached hydrogens (tertiary/aromatic N) is 2. The zero-order valence-corrected chi connectivity index (χ0v) is 23.2. The fraction of sp³-hybridized carbons (Fsp3) is 0.258. The predicted octanol–water partition coefficient (Wildman–Crippen LogP) is 5.96.